The van der Waals surface area contributed by atoms with Crippen molar-refractivity contribution in [2.45, 2.75) is 51.0 Å². The Morgan fingerprint density at radius 3 is 1.96 bits per heavy atom. The van der Waals surface area contributed by atoms with Gasteiger partial charge in [0.15, 0.2) is 0 Å². The molecule has 0 atom stereocenters. The van der Waals surface area contributed by atoms with Crippen LogP contribution in [0.5, 0.6) is 0 Å². The summed E-state index contributed by atoms with van der Waals surface area (Å²) in [6, 6.07) is 20.7. The van der Waals surface area contributed by atoms with E-state index in [1.165, 1.54) is 30.4 Å². The zero-order valence-electron chi connectivity index (χ0n) is 16.7. The summed E-state index contributed by atoms with van der Waals surface area (Å²) >= 11 is 0. The van der Waals surface area contributed by atoms with Gasteiger partial charge in [-0.25, -0.2) is 0 Å². The Hall–Kier alpha value is -2.13. The molecule has 1 heterocycles. The van der Waals surface area contributed by atoms with Crippen LogP contribution in [0.2, 0.25) is 0 Å². The molecule has 2 aromatic rings. The molecule has 0 aromatic heterocycles. The van der Waals surface area contributed by atoms with Gasteiger partial charge in [-0.1, -0.05) is 67.1 Å². The Balaban J connectivity index is 1.64. The summed E-state index contributed by atoms with van der Waals surface area (Å²) in [5, 5.41) is 3.21. The van der Waals surface area contributed by atoms with E-state index in [1.807, 2.05) is 36.4 Å². The van der Waals surface area contributed by atoms with E-state index in [9.17, 15) is 4.79 Å². The number of nitrogens with one attached hydrogen (secondary N) is 1. The van der Waals surface area contributed by atoms with E-state index in [4.69, 9.17) is 0 Å². The van der Waals surface area contributed by atoms with E-state index >= 15 is 0 Å². The SMILES string of the molecule is CC(C)(CNC(=O)CC(c1ccccc1)c1ccccc1)N1CCCCC1. The van der Waals surface area contributed by atoms with Crippen LogP contribution in [0.15, 0.2) is 60.7 Å². The first-order valence-corrected chi connectivity index (χ1v) is 10.2. The number of hydrogen-bond donors (Lipinski definition) is 1. The van der Waals surface area contributed by atoms with Crippen molar-refractivity contribution >= 4 is 5.91 Å². The molecule has 1 fully saturated rings. The highest BCUT2D eigenvalue weighted by Gasteiger charge is 2.28. The van der Waals surface area contributed by atoms with Gasteiger partial charge in [0.2, 0.25) is 5.91 Å². The monoisotopic (exact) mass is 364 g/mol. The number of carbonyl (C=O) groups excluding carboxylic acids is 1. The van der Waals surface area contributed by atoms with Gasteiger partial charge >= 0.3 is 0 Å². The predicted octanol–water partition coefficient (Wildman–Crippen LogP) is 4.59. The molecular weight excluding hydrogens is 332 g/mol. The fraction of sp³-hybridized carbons (Fsp3) is 0.458. The van der Waals surface area contributed by atoms with Crippen LogP contribution >= 0.6 is 0 Å². The summed E-state index contributed by atoms with van der Waals surface area (Å²) in [4.78, 5) is 15.3. The fourth-order valence-electron chi connectivity index (χ4n) is 3.98. The number of carbonyl (C=O) groups is 1. The molecule has 1 saturated heterocycles. The number of hydrogen-bond acceptors (Lipinski definition) is 2. The van der Waals surface area contributed by atoms with Crippen molar-refractivity contribution in [3.63, 3.8) is 0 Å². The topological polar surface area (TPSA) is 32.3 Å². The van der Waals surface area contributed by atoms with Crippen molar-refractivity contribution in [2.24, 2.45) is 0 Å². The lowest BCUT2D eigenvalue weighted by Crippen LogP contribution is -2.53. The van der Waals surface area contributed by atoms with Crippen molar-refractivity contribution < 1.29 is 4.79 Å². The quantitative estimate of drug-likeness (QED) is 0.779. The summed E-state index contributed by atoms with van der Waals surface area (Å²) in [6.45, 7) is 7.45. The Kier molecular flexibility index (Phi) is 6.68. The van der Waals surface area contributed by atoms with Crippen LogP contribution in [-0.4, -0.2) is 36.0 Å². The van der Waals surface area contributed by atoms with Crippen molar-refractivity contribution in [3.8, 4) is 0 Å². The zero-order chi connectivity index (χ0) is 19.1. The smallest absolute Gasteiger partial charge is 0.221 e. The van der Waals surface area contributed by atoms with Gasteiger partial charge in [-0.15, -0.1) is 0 Å². The van der Waals surface area contributed by atoms with Gasteiger partial charge in [0.05, 0.1) is 0 Å². The first-order valence-electron chi connectivity index (χ1n) is 10.2. The van der Waals surface area contributed by atoms with Crippen molar-refractivity contribution in [3.05, 3.63) is 71.8 Å². The first-order chi connectivity index (χ1) is 13.1. The maximum absolute atomic E-state index is 12.8. The molecule has 0 unspecified atom stereocenters. The summed E-state index contributed by atoms with van der Waals surface area (Å²) < 4.78 is 0. The molecule has 3 nitrogen and oxygen atoms in total. The predicted molar refractivity (Wildman–Crippen MR) is 112 cm³/mol. The van der Waals surface area contributed by atoms with E-state index in [2.05, 4.69) is 48.3 Å². The highest BCUT2D eigenvalue weighted by molar-refractivity contribution is 5.77. The van der Waals surface area contributed by atoms with Crippen molar-refractivity contribution in [2.75, 3.05) is 19.6 Å². The second-order valence-electron chi connectivity index (χ2n) is 8.21. The molecule has 1 N–H and O–H groups in total. The largest absolute Gasteiger partial charge is 0.354 e. The Morgan fingerprint density at radius 1 is 0.926 bits per heavy atom. The molecule has 0 saturated carbocycles. The van der Waals surface area contributed by atoms with Crippen LogP contribution in [0.1, 0.15) is 56.6 Å². The minimum absolute atomic E-state index is 0.00503. The van der Waals surface area contributed by atoms with Crippen LogP contribution in [-0.2, 0) is 4.79 Å². The zero-order valence-corrected chi connectivity index (χ0v) is 16.7. The lowest BCUT2D eigenvalue weighted by molar-refractivity contribution is -0.122. The molecule has 0 bridgehead atoms. The molecule has 1 aliphatic rings. The number of likely N-dealkylation sites (tertiary alicyclic amines) is 1. The second kappa shape index (κ2) is 9.18. The van der Waals surface area contributed by atoms with E-state index in [0.717, 1.165) is 13.1 Å². The van der Waals surface area contributed by atoms with Gasteiger partial charge in [0.1, 0.15) is 0 Å². The molecule has 0 radical (unpaired) electrons. The Labute approximate surface area is 163 Å². The van der Waals surface area contributed by atoms with Gasteiger partial charge in [-0.2, -0.15) is 0 Å². The maximum Gasteiger partial charge on any atom is 0.221 e. The summed E-state index contributed by atoms with van der Waals surface area (Å²) in [7, 11) is 0. The van der Waals surface area contributed by atoms with E-state index in [1.54, 1.807) is 0 Å². The maximum atomic E-state index is 12.8. The first kappa shape index (κ1) is 19.6. The van der Waals surface area contributed by atoms with Crippen molar-refractivity contribution in [1.82, 2.24) is 10.2 Å². The molecular formula is C24H32N2O. The lowest BCUT2D eigenvalue weighted by Gasteiger charge is -2.41. The van der Waals surface area contributed by atoms with Crippen LogP contribution < -0.4 is 5.32 Å². The molecule has 144 valence electrons. The number of amides is 1. The van der Waals surface area contributed by atoms with Crippen molar-refractivity contribution in [1.29, 1.82) is 0 Å². The van der Waals surface area contributed by atoms with E-state index in [-0.39, 0.29) is 17.4 Å². The molecule has 1 aliphatic heterocycles. The van der Waals surface area contributed by atoms with E-state index in [0.29, 0.717) is 13.0 Å². The third-order valence-electron chi connectivity index (χ3n) is 5.72. The van der Waals surface area contributed by atoms with Crippen LogP contribution in [0.4, 0.5) is 0 Å². The fourth-order valence-corrected chi connectivity index (χ4v) is 3.98. The molecule has 1 amide bonds. The van der Waals surface area contributed by atoms with Crippen LogP contribution in [0.25, 0.3) is 0 Å². The van der Waals surface area contributed by atoms with E-state index < -0.39 is 0 Å². The molecule has 3 rings (SSSR count). The third-order valence-corrected chi connectivity index (χ3v) is 5.72. The van der Waals surface area contributed by atoms with Crippen LogP contribution in [0.3, 0.4) is 0 Å². The standard InChI is InChI=1S/C24H32N2O/c1-24(2,26-16-10-5-11-17-26)19-25-23(27)18-22(20-12-6-3-7-13-20)21-14-8-4-9-15-21/h3-4,6-9,12-15,22H,5,10-11,16-19H2,1-2H3,(H,25,27). The molecule has 0 aliphatic carbocycles. The number of nitrogens with zero attached hydrogens (tertiary/aromatic N) is 1. The Bertz CT molecular complexity index is 666. The summed E-state index contributed by atoms with van der Waals surface area (Å²) in [6.07, 6.45) is 4.34. The number of rotatable bonds is 7. The van der Waals surface area contributed by atoms with Gasteiger partial charge in [-0.05, 0) is 50.9 Å². The highest BCUT2D eigenvalue weighted by atomic mass is 16.1. The average Bonchev–Trinajstić information content (AvgIpc) is 2.72. The van der Waals surface area contributed by atoms with Crippen LogP contribution in [0, 0.1) is 0 Å². The second-order valence-corrected chi connectivity index (χ2v) is 8.21. The number of piperidine rings is 1. The normalized spacial score (nSPS) is 15.7. The molecule has 0 spiro atoms. The third kappa shape index (κ3) is 5.43. The minimum atomic E-state index is 0.00503. The van der Waals surface area contributed by atoms with Gasteiger partial charge < -0.3 is 5.32 Å². The average molecular weight is 365 g/mol. The Morgan fingerprint density at radius 2 is 1.44 bits per heavy atom. The number of benzene rings is 2. The van der Waals surface area contributed by atoms with Gasteiger partial charge in [0, 0.05) is 24.4 Å². The molecule has 2 aromatic carbocycles. The highest BCUT2D eigenvalue weighted by Crippen LogP contribution is 2.28. The lowest BCUT2D eigenvalue weighted by atomic mass is 9.88. The molecule has 27 heavy (non-hydrogen) atoms. The van der Waals surface area contributed by atoms with Gasteiger partial charge in [0.25, 0.3) is 0 Å². The summed E-state index contributed by atoms with van der Waals surface area (Å²) in [5.74, 6) is 0.211. The minimum Gasteiger partial charge on any atom is -0.354 e. The van der Waals surface area contributed by atoms with Gasteiger partial charge in [-0.3, -0.25) is 9.69 Å². The summed E-state index contributed by atoms with van der Waals surface area (Å²) in [5.41, 5.74) is 2.38. The molecule has 3 heteroatoms.